The Morgan fingerprint density at radius 2 is 1.89 bits per heavy atom. The lowest BCUT2D eigenvalue weighted by Gasteiger charge is -2.11. The van der Waals surface area contributed by atoms with Gasteiger partial charge in [-0.2, -0.15) is 13.2 Å². The molecular weight excluding hydrogens is 252 g/mol. The average molecular weight is 258 g/mol. The molecule has 0 aromatic carbocycles. The molecule has 8 heteroatoms. The first-order valence-corrected chi connectivity index (χ1v) is 4.69. The van der Waals surface area contributed by atoms with Crippen molar-refractivity contribution in [2.75, 3.05) is 5.73 Å². The van der Waals surface area contributed by atoms with Crippen LogP contribution in [0.5, 0.6) is 0 Å². The predicted octanol–water partition coefficient (Wildman–Crippen LogP) is 2.28. The predicted molar refractivity (Wildman–Crippen MR) is 54.6 cm³/mol. The van der Waals surface area contributed by atoms with Crippen LogP contribution in [0.15, 0.2) is 24.7 Å². The minimum Gasteiger partial charge on any atom is -0.368 e. The van der Waals surface area contributed by atoms with E-state index in [1.807, 2.05) is 0 Å². The van der Waals surface area contributed by atoms with Gasteiger partial charge in [-0.05, 0) is 6.07 Å². The molecule has 94 valence electrons. The highest BCUT2D eigenvalue weighted by atomic mass is 19.4. The Morgan fingerprint density at radius 1 is 1.17 bits per heavy atom. The van der Waals surface area contributed by atoms with Crippen LogP contribution in [0.3, 0.4) is 0 Å². The number of nitrogens with two attached hydrogens (primary N) is 1. The monoisotopic (exact) mass is 258 g/mol. The van der Waals surface area contributed by atoms with Crippen molar-refractivity contribution in [1.29, 1.82) is 0 Å². The molecule has 0 amide bonds. The second-order valence-corrected chi connectivity index (χ2v) is 3.34. The van der Waals surface area contributed by atoms with Crippen LogP contribution in [0.1, 0.15) is 5.56 Å². The molecule has 0 aliphatic carbocycles. The second-order valence-electron chi connectivity index (χ2n) is 3.34. The van der Waals surface area contributed by atoms with Gasteiger partial charge in [-0.25, -0.2) is 14.4 Å². The summed E-state index contributed by atoms with van der Waals surface area (Å²) >= 11 is 0. The van der Waals surface area contributed by atoms with Crippen molar-refractivity contribution in [3.05, 3.63) is 36.0 Å². The first kappa shape index (κ1) is 12.2. The Hall–Kier alpha value is -2.25. The van der Waals surface area contributed by atoms with Gasteiger partial charge in [0, 0.05) is 18.0 Å². The summed E-state index contributed by atoms with van der Waals surface area (Å²) in [6.45, 7) is 0. The van der Waals surface area contributed by atoms with E-state index in [4.69, 9.17) is 5.73 Å². The topological polar surface area (TPSA) is 64.7 Å². The van der Waals surface area contributed by atoms with E-state index >= 15 is 0 Å². The molecule has 0 saturated carbocycles. The van der Waals surface area contributed by atoms with E-state index < -0.39 is 28.8 Å². The van der Waals surface area contributed by atoms with E-state index in [-0.39, 0.29) is 5.95 Å². The number of nitrogens with zero attached hydrogens (tertiary/aromatic N) is 3. The third kappa shape index (κ3) is 2.22. The van der Waals surface area contributed by atoms with E-state index in [1.54, 1.807) is 0 Å². The first-order chi connectivity index (χ1) is 8.39. The summed E-state index contributed by atoms with van der Waals surface area (Å²) in [5.74, 6) is -1.31. The molecule has 0 aliphatic heterocycles. The van der Waals surface area contributed by atoms with Crippen LogP contribution in [0.25, 0.3) is 11.3 Å². The third-order valence-corrected chi connectivity index (χ3v) is 2.14. The Bertz CT molecular complexity index is 582. The number of hydrogen-bond donors (Lipinski definition) is 1. The van der Waals surface area contributed by atoms with Crippen molar-refractivity contribution >= 4 is 5.95 Å². The third-order valence-electron chi connectivity index (χ3n) is 2.14. The van der Waals surface area contributed by atoms with Crippen LogP contribution in [-0.2, 0) is 6.18 Å². The van der Waals surface area contributed by atoms with Crippen molar-refractivity contribution in [2.45, 2.75) is 6.18 Å². The molecule has 2 aromatic rings. The van der Waals surface area contributed by atoms with Crippen molar-refractivity contribution in [2.24, 2.45) is 0 Å². The fourth-order valence-electron chi connectivity index (χ4n) is 1.40. The Morgan fingerprint density at radius 3 is 2.56 bits per heavy atom. The maximum atomic E-state index is 13.4. The summed E-state index contributed by atoms with van der Waals surface area (Å²) in [4.78, 5) is 10.4. The fraction of sp³-hybridized carbons (Fsp3) is 0.100. The molecule has 2 rings (SSSR count). The molecule has 2 aromatic heterocycles. The molecule has 0 atom stereocenters. The van der Waals surface area contributed by atoms with Crippen LogP contribution >= 0.6 is 0 Å². The summed E-state index contributed by atoms with van der Waals surface area (Å²) in [6, 6.07) is 0.743. The highest BCUT2D eigenvalue weighted by Gasteiger charge is 2.34. The van der Waals surface area contributed by atoms with Gasteiger partial charge in [0.25, 0.3) is 0 Å². The standard InChI is InChI=1S/C10H6F4N4/c11-7-4-17-9(15)18-8(7)5-3-16-2-1-6(5)10(12,13)14/h1-4H,(H2,15,17,18). The van der Waals surface area contributed by atoms with Crippen molar-refractivity contribution in [3.63, 3.8) is 0 Å². The molecule has 0 spiro atoms. The van der Waals surface area contributed by atoms with Crippen molar-refractivity contribution in [3.8, 4) is 11.3 Å². The highest BCUT2D eigenvalue weighted by Crippen LogP contribution is 2.36. The number of anilines is 1. The number of pyridine rings is 1. The maximum absolute atomic E-state index is 13.4. The van der Waals surface area contributed by atoms with Gasteiger partial charge in [-0.3, -0.25) is 4.98 Å². The summed E-state index contributed by atoms with van der Waals surface area (Å²) in [6.07, 6.45) is -2.07. The van der Waals surface area contributed by atoms with Crippen LogP contribution in [0.4, 0.5) is 23.5 Å². The average Bonchev–Trinajstić information content (AvgIpc) is 2.31. The normalized spacial score (nSPS) is 11.6. The number of halogens is 4. The van der Waals surface area contributed by atoms with Gasteiger partial charge < -0.3 is 5.73 Å². The number of rotatable bonds is 1. The second kappa shape index (κ2) is 4.21. The zero-order valence-corrected chi connectivity index (χ0v) is 8.74. The van der Waals surface area contributed by atoms with Crippen LogP contribution in [-0.4, -0.2) is 15.0 Å². The van der Waals surface area contributed by atoms with Gasteiger partial charge in [0.15, 0.2) is 5.82 Å². The summed E-state index contributed by atoms with van der Waals surface area (Å²) < 4.78 is 51.7. The Kier molecular flexibility index (Phi) is 2.85. The smallest absolute Gasteiger partial charge is 0.368 e. The van der Waals surface area contributed by atoms with Gasteiger partial charge in [0.05, 0.1) is 11.8 Å². The molecule has 0 unspecified atom stereocenters. The molecule has 0 bridgehead atoms. The lowest BCUT2D eigenvalue weighted by molar-refractivity contribution is -0.137. The molecule has 2 heterocycles. The molecule has 2 N–H and O–H groups in total. The first-order valence-electron chi connectivity index (χ1n) is 4.69. The van der Waals surface area contributed by atoms with Gasteiger partial charge in [0.2, 0.25) is 5.95 Å². The minimum atomic E-state index is -4.63. The van der Waals surface area contributed by atoms with E-state index in [0.717, 1.165) is 18.5 Å². The highest BCUT2D eigenvalue weighted by molar-refractivity contribution is 5.64. The lowest BCUT2D eigenvalue weighted by Crippen LogP contribution is -2.09. The van der Waals surface area contributed by atoms with Gasteiger partial charge in [-0.1, -0.05) is 0 Å². The minimum absolute atomic E-state index is 0.316. The Labute approximate surface area is 98.5 Å². The lowest BCUT2D eigenvalue weighted by atomic mass is 10.1. The molecule has 18 heavy (non-hydrogen) atoms. The quantitative estimate of drug-likeness (QED) is 0.797. The van der Waals surface area contributed by atoms with Gasteiger partial charge >= 0.3 is 6.18 Å². The van der Waals surface area contributed by atoms with Crippen LogP contribution in [0.2, 0.25) is 0 Å². The fourth-order valence-corrected chi connectivity index (χ4v) is 1.40. The molecule has 0 aliphatic rings. The van der Waals surface area contributed by atoms with Gasteiger partial charge in [0.1, 0.15) is 5.69 Å². The summed E-state index contributed by atoms with van der Waals surface area (Å²) in [5, 5.41) is 0. The largest absolute Gasteiger partial charge is 0.417 e. The summed E-state index contributed by atoms with van der Waals surface area (Å²) in [5.41, 5.74) is 3.20. The number of alkyl halides is 3. The van der Waals surface area contributed by atoms with Crippen molar-refractivity contribution < 1.29 is 17.6 Å². The molecular formula is C10H6F4N4. The van der Waals surface area contributed by atoms with E-state index in [0.29, 0.717) is 6.20 Å². The molecule has 0 radical (unpaired) electrons. The van der Waals surface area contributed by atoms with Crippen LogP contribution < -0.4 is 5.73 Å². The summed E-state index contributed by atoms with van der Waals surface area (Å²) in [7, 11) is 0. The van der Waals surface area contributed by atoms with E-state index in [2.05, 4.69) is 15.0 Å². The van der Waals surface area contributed by atoms with E-state index in [1.165, 1.54) is 0 Å². The number of aromatic nitrogens is 3. The molecule has 0 fully saturated rings. The number of nitrogen functional groups attached to an aromatic ring is 1. The zero-order chi connectivity index (χ0) is 13.3. The molecule has 4 nitrogen and oxygen atoms in total. The maximum Gasteiger partial charge on any atom is 0.417 e. The number of hydrogen-bond acceptors (Lipinski definition) is 4. The SMILES string of the molecule is Nc1ncc(F)c(-c2cnccc2C(F)(F)F)n1. The Balaban J connectivity index is 2.68. The molecule has 0 saturated heterocycles. The van der Waals surface area contributed by atoms with Crippen LogP contribution in [0, 0.1) is 5.82 Å². The van der Waals surface area contributed by atoms with Crippen molar-refractivity contribution in [1.82, 2.24) is 15.0 Å². The van der Waals surface area contributed by atoms with Gasteiger partial charge in [-0.15, -0.1) is 0 Å². The zero-order valence-electron chi connectivity index (χ0n) is 8.74. The van der Waals surface area contributed by atoms with E-state index in [9.17, 15) is 17.6 Å².